The number of oxazole rings is 1. The lowest BCUT2D eigenvalue weighted by Gasteiger charge is -2.12. The van der Waals surface area contributed by atoms with Gasteiger partial charge in [-0.3, -0.25) is 0 Å². The second-order valence-corrected chi connectivity index (χ2v) is 4.09. The first-order valence-electron chi connectivity index (χ1n) is 6.38. The van der Waals surface area contributed by atoms with Crippen LogP contribution >= 0.6 is 0 Å². The lowest BCUT2D eigenvalue weighted by Crippen LogP contribution is -2.21. The van der Waals surface area contributed by atoms with E-state index in [9.17, 15) is 13.2 Å². The molecule has 0 N–H and O–H groups in total. The van der Waals surface area contributed by atoms with E-state index in [0.717, 1.165) is 12.2 Å². The Bertz CT molecular complexity index is 746. The zero-order valence-corrected chi connectivity index (χ0v) is 12.2. The van der Waals surface area contributed by atoms with Crippen molar-refractivity contribution in [2.75, 3.05) is 0 Å². The molecule has 1 aromatic rings. The number of rotatable bonds is 5. The van der Waals surface area contributed by atoms with Crippen LogP contribution < -0.4 is 10.8 Å². The van der Waals surface area contributed by atoms with Crippen LogP contribution in [-0.2, 0) is 0 Å². The van der Waals surface area contributed by atoms with Crippen LogP contribution in [0.15, 0.2) is 60.1 Å². The van der Waals surface area contributed by atoms with E-state index in [-0.39, 0.29) is 11.5 Å². The number of hydrogen-bond acceptors (Lipinski definition) is 2. The third-order valence-corrected chi connectivity index (χ3v) is 2.62. The van der Waals surface area contributed by atoms with Gasteiger partial charge in [0.05, 0.1) is 5.57 Å². The second-order valence-electron chi connectivity index (χ2n) is 4.09. The summed E-state index contributed by atoms with van der Waals surface area (Å²) < 4.78 is 45.1. The second kappa shape index (κ2) is 7.45. The molecule has 0 fully saturated rings. The van der Waals surface area contributed by atoms with Crippen LogP contribution in [0.1, 0.15) is 12.8 Å². The Morgan fingerprint density at radius 3 is 2.18 bits per heavy atom. The minimum atomic E-state index is -4.57. The van der Waals surface area contributed by atoms with Gasteiger partial charge in [0.25, 0.3) is 0 Å². The minimum Gasteiger partial charge on any atom is -0.436 e. The summed E-state index contributed by atoms with van der Waals surface area (Å²) in [5.74, 6) is -0.147. The van der Waals surface area contributed by atoms with Gasteiger partial charge >= 0.3 is 6.18 Å². The third kappa shape index (κ3) is 3.97. The molecule has 0 radical (unpaired) electrons. The highest BCUT2D eigenvalue weighted by Crippen LogP contribution is 2.35. The first-order valence-corrected chi connectivity index (χ1v) is 6.38. The lowest BCUT2D eigenvalue weighted by atomic mass is 10.0. The molecule has 0 amide bonds. The minimum absolute atomic E-state index is 0.147. The van der Waals surface area contributed by atoms with Crippen LogP contribution in [0.3, 0.4) is 0 Å². The van der Waals surface area contributed by atoms with Gasteiger partial charge in [0.1, 0.15) is 5.35 Å². The highest BCUT2D eigenvalue weighted by molar-refractivity contribution is 5.77. The fourth-order valence-electron chi connectivity index (χ4n) is 1.74. The monoisotopic (exact) mass is 307 g/mol. The lowest BCUT2D eigenvalue weighted by molar-refractivity contribution is -0.0872. The molecule has 2 nitrogen and oxygen atoms in total. The Morgan fingerprint density at radius 1 is 1.09 bits per heavy atom. The zero-order chi connectivity index (χ0) is 16.8. The maximum atomic E-state index is 13.2. The van der Waals surface area contributed by atoms with Crippen LogP contribution in [0, 0.1) is 0 Å². The van der Waals surface area contributed by atoms with E-state index < -0.39 is 11.7 Å². The van der Waals surface area contributed by atoms with E-state index in [1.807, 2.05) is 0 Å². The zero-order valence-electron chi connectivity index (χ0n) is 12.2. The maximum absolute atomic E-state index is 13.2. The smallest absolute Gasteiger partial charge is 0.417 e. The first kappa shape index (κ1) is 17.5. The van der Waals surface area contributed by atoms with Crippen LogP contribution in [0.25, 0.3) is 17.7 Å². The summed E-state index contributed by atoms with van der Waals surface area (Å²) in [7, 11) is 0. The van der Waals surface area contributed by atoms with Crippen LogP contribution in [-0.4, -0.2) is 11.2 Å². The van der Waals surface area contributed by atoms with Gasteiger partial charge in [-0.25, -0.2) is 4.98 Å². The Hall–Kier alpha value is -2.56. The molecular weight excluding hydrogens is 291 g/mol. The summed E-state index contributed by atoms with van der Waals surface area (Å²) in [6.45, 7) is 12.0. The Kier molecular flexibility index (Phi) is 5.92. The standard InChI is InChI=1S/C17H16F3NO/c1-5-9-12(13(10-6-2)17(18,19)20)16-21-14(8-4)15(22-16)11-7-3/h5-11H,1-3H2,4H3/b12-9+,13-10+,14-8+,15-11+. The Balaban J connectivity index is 3.66. The van der Waals surface area contributed by atoms with Crippen molar-refractivity contribution in [3.8, 4) is 0 Å². The molecule has 0 atom stereocenters. The molecule has 5 heteroatoms. The van der Waals surface area contributed by atoms with Gasteiger partial charge in [0, 0.05) is 5.57 Å². The molecule has 1 heterocycles. The van der Waals surface area contributed by atoms with Crippen LogP contribution in [0.4, 0.5) is 13.2 Å². The summed E-state index contributed by atoms with van der Waals surface area (Å²) in [4.78, 5) is 4.09. The van der Waals surface area contributed by atoms with Gasteiger partial charge in [-0.2, -0.15) is 13.2 Å². The van der Waals surface area contributed by atoms with E-state index in [4.69, 9.17) is 4.42 Å². The van der Waals surface area contributed by atoms with Gasteiger partial charge in [-0.05, 0) is 25.2 Å². The molecule has 0 aromatic carbocycles. The summed E-state index contributed by atoms with van der Waals surface area (Å²) in [6, 6.07) is 0. The number of hydrogen-bond donors (Lipinski definition) is 0. The molecule has 1 aromatic heterocycles. The Labute approximate surface area is 126 Å². The van der Waals surface area contributed by atoms with E-state index in [2.05, 4.69) is 24.7 Å². The van der Waals surface area contributed by atoms with Crippen molar-refractivity contribution in [3.63, 3.8) is 0 Å². The van der Waals surface area contributed by atoms with Gasteiger partial charge in [-0.15, -0.1) is 0 Å². The van der Waals surface area contributed by atoms with Crippen molar-refractivity contribution in [2.45, 2.75) is 13.1 Å². The average Bonchev–Trinajstić information content (AvgIpc) is 2.85. The molecule has 22 heavy (non-hydrogen) atoms. The van der Waals surface area contributed by atoms with Crippen molar-refractivity contribution >= 4 is 17.7 Å². The molecule has 116 valence electrons. The summed E-state index contributed by atoms with van der Waals surface area (Å²) in [6.07, 6.45) is 4.44. The summed E-state index contributed by atoms with van der Waals surface area (Å²) >= 11 is 0. The first-order chi connectivity index (χ1) is 10.4. The van der Waals surface area contributed by atoms with Crippen LogP contribution in [0.5, 0.6) is 0 Å². The molecule has 1 rings (SSSR count). The topological polar surface area (TPSA) is 26.0 Å². The van der Waals surface area contributed by atoms with Crippen molar-refractivity contribution in [1.29, 1.82) is 0 Å². The number of aromatic nitrogens is 1. The molecule has 0 saturated heterocycles. The normalized spacial score (nSPS) is 15.1. The summed E-state index contributed by atoms with van der Waals surface area (Å²) in [5, 5.41) is 0.435. The maximum Gasteiger partial charge on any atom is 0.417 e. The number of alkyl halides is 3. The van der Waals surface area contributed by atoms with Gasteiger partial charge in [0.2, 0.25) is 5.89 Å². The largest absolute Gasteiger partial charge is 0.436 e. The Morgan fingerprint density at radius 2 is 1.73 bits per heavy atom. The van der Waals surface area contributed by atoms with E-state index in [1.54, 1.807) is 13.0 Å². The fraction of sp³-hybridized carbons (Fsp3) is 0.118. The van der Waals surface area contributed by atoms with Crippen molar-refractivity contribution in [2.24, 2.45) is 0 Å². The third-order valence-electron chi connectivity index (χ3n) is 2.62. The predicted molar refractivity (Wildman–Crippen MR) is 83.1 cm³/mol. The highest BCUT2D eigenvalue weighted by atomic mass is 19.4. The predicted octanol–water partition coefficient (Wildman–Crippen LogP) is 3.69. The van der Waals surface area contributed by atoms with Crippen molar-refractivity contribution in [3.05, 3.63) is 72.3 Å². The fourth-order valence-corrected chi connectivity index (χ4v) is 1.74. The number of halogens is 3. The van der Waals surface area contributed by atoms with E-state index in [1.165, 1.54) is 24.3 Å². The molecule has 0 spiro atoms. The molecule has 0 bridgehead atoms. The molecule has 0 saturated carbocycles. The van der Waals surface area contributed by atoms with E-state index in [0.29, 0.717) is 10.8 Å². The molecular formula is C17H16F3NO. The number of allylic oxidation sites excluding steroid dienone is 7. The molecule has 0 aliphatic rings. The highest BCUT2D eigenvalue weighted by Gasteiger charge is 2.37. The SMILES string of the molecule is C=C/C=C(\C(=C/C=C)C(F)(F)F)c1nc(=C/C)/c(=C\C=C)o1. The summed E-state index contributed by atoms with van der Waals surface area (Å²) in [5.41, 5.74) is -0.784. The van der Waals surface area contributed by atoms with Gasteiger partial charge in [0.15, 0.2) is 5.42 Å². The average molecular weight is 307 g/mol. The molecule has 0 unspecified atom stereocenters. The van der Waals surface area contributed by atoms with Gasteiger partial charge < -0.3 is 4.42 Å². The van der Waals surface area contributed by atoms with E-state index >= 15 is 0 Å². The van der Waals surface area contributed by atoms with Crippen LogP contribution in [0.2, 0.25) is 0 Å². The quantitative estimate of drug-likeness (QED) is 0.776. The number of nitrogens with zero attached hydrogens (tertiary/aromatic N) is 1. The van der Waals surface area contributed by atoms with Crippen molar-refractivity contribution < 1.29 is 17.6 Å². The van der Waals surface area contributed by atoms with Gasteiger partial charge in [-0.1, -0.05) is 44.0 Å². The molecule has 0 aliphatic heterocycles. The molecule has 0 aliphatic carbocycles. The van der Waals surface area contributed by atoms with Crippen molar-refractivity contribution in [1.82, 2.24) is 4.98 Å².